The summed E-state index contributed by atoms with van der Waals surface area (Å²) in [5.74, 6) is 1.69. The number of fused-ring (bicyclic) bond motifs is 5. The first-order chi connectivity index (χ1) is 23.6. The van der Waals surface area contributed by atoms with Crippen molar-refractivity contribution in [3.05, 3.63) is 181 Å². The minimum Gasteiger partial charge on any atom is -0.453 e. The van der Waals surface area contributed by atoms with Crippen LogP contribution in [0.1, 0.15) is 25.0 Å². The van der Waals surface area contributed by atoms with Gasteiger partial charge in [-0.15, -0.1) is 0 Å². The molecule has 48 heavy (non-hydrogen) atoms. The van der Waals surface area contributed by atoms with Crippen LogP contribution in [0.4, 0.5) is 34.1 Å². The van der Waals surface area contributed by atoms with Gasteiger partial charge in [-0.2, -0.15) is 0 Å². The van der Waals surface area contributed by atoms with Crippen molar-refractivity contribution in [2.75, 3.05) is 9.80 Å². The molecule has 1 heterocycles. The van der Waals surface area contributed by atoms with Gasteiger partial charge in [-0.1, -0.05) is 111 Å². The van der Waals surface area contributed by atoms with Crippen LogP contribution in [-0.2, 0) is 5.41 Å². The van der Waals surface area contributed by atoms with Crippen molar-refractivity contribution >= 4 is 34.1 Å². The maximum Gasteiger partial charge on any atom is 0.152 e. The molecule has 0 fully saturated rings. The minimum absolute atomic E-state index is 0.0702. The van der Waals surface area contributed by atoms with E-state index in [-0.39, 0.29) is 5.41 Å². The van der Waals surface area contributed by atoms with Crippen LogP contribution in [0.25, 0.3) is 22.3 Å². The summed E-state index contributed by atoms with van der Waals surface area (Å²) in [5, 5.41) is 0. The average molecular weight is 619 g/mol. The van der Waals surface area contributed by atoms with Crippen LogP contribution in [0.15, 0.2) is 170 Å². The van der Waals surface area contributed by atoms with E-state index in [1.54, 1.807) is 0 Å². The molecule has 0 bridgehead atoms. The van der Waals surface area contributed by atoms with Crippen molar-refractivity contribution < 1.29 is 4.74 Å². The van der Waals surface area contributed by atoms with Gasteiger partial charge in [0.25, 0.3) is 0 Å². The molecule has 0 atom stereocenters. The summed E-state index contributed by atoms with van der Waals surface area (Å²) >= 11 is 0. The molecule has 230 valence electrons. The van der Waals surface area contributed by atoms with Gasteiger partial charge < -0.3 is 14.5 Å². The predicted molar refractivity (Wildman–Crippen MR) is 199 cm³/mol. The average Bonchev–Trinajstić information content (AvgIpc) is 3.37. The lowest BCUT2D eigenvalue weighted by Crippen LogP contribution is -2.16. The zero-order valence-corrected chi connectivity index (χ0v) is 27.0. The van der Waals surface area contributed by atoms with E-state index in [1.807, 2.05) is 18.2 Å². The minimum atomic E-state index is -0.0702. The Labute approximate surface area is 281 Å². The van der Waals surface area contributed by atoms with Gasteiger partial charge in [0.1, 0.15) is 0 Å². The normalized spacial score (nSPS) is 13.5. The second-order valence-corrected chi connectivity index (χ2v) is 13.0. The zero-order valence-electron chi connectivity index (χ0n) is 27.0. The highest BCUT2D eigenvalue weighted by Gasteiger charge is 2.35. The Morgan fingerprint density at radius 1 is 0.458 bits per heavy atom. The molecule has 3 heteroatoms. The van der Waals surface area contributed by atoms with E-state index >= 15 is 0 Å². The molecular formula is C45H34N2O. The molecule has 0 N–H and O–H groups in total. The Balaban J connectivity index is 1.09. The summed E-state index contributed by atoms with van der Waals surface area (Å²) in [4.78, 5) is 4.63. The van der Waals surface area contributed by atoms with Gasteiger partial charge >= 0.3 is 0 Å². The van der Waals surface area contributed by atoms with Gasteiger partial charge in [0.2, 0.25) is 0 Å². The van der Waals surface area contributed by atoms with Crippen molar-refractivity contribution in [2.45, 2.75) is 19.3 Å². The standard InChI is InChI=1S/C45H34N2O/c1-45(2)39-18-10-9-17-37(39)38-27-26-36(30-40(38)45)46(33-13-5-3-6-14-33)35-24-21-31(22-25-35)32-23-28-42-44(29-32)48-43-20-12-11-19-41(43)47(42)34-15-7-4-8-16-34/h3-30H,1-2H3. The molecule has 3 nitrogen and oxygen atoms in total. The van der Waals surface area contributed by atoms with Crippen LogP contribution < -0.4 is 14.5 Å². The van der Waals surface area contributed by atoms with Gasteiger partial charge in [0.05, 0.1) is 11.4 Å². The van der Waals surface area contributed by atoms with Crippen molar-refractivity contribution in [3.63, 3.8) is 0 Å². The molecule has 0 aromatic heterocycles. The second-order valence-electron chi connectivity index (χ2n) is 13.0. The molecule has 7 aromatic rings. The van der Waals surface area contributed by atoms with Gasteiger partial charge in [0.15, 0.2) is 11.5 Å². The van der Waals surface area contributed by atoms with E-state index in [2.05, 4.69) is 175 Å². The second kappa shape index (κ2) is 11.0. The Morgan fingerprint density at radius 2 is 1.06 bits per heavy atom. The lowest BCUT2D eigenvalue weighted by molar-refractivity contribution is 0.477. The molecule has 0 radical (unpaired) electrons. The van der Waals surface area contributed by atoms with Crippen LogP contribution in [0, 0.1) is 0 Å². The topological polar surface area (TPSA) is 15.7 Å². The summed E-state index contributed by atoms with van der Waals surface area (Å²) in [6.07, 6.45) is 0. The number of benzene rings is 7. The lowest BCUT2D eigenvalue weighted by atomic mass is 9.82. The van der Waals surface area contributed by atoms with Crippen molar-refractivity contribution in [3.8, 4) is 33.8 Å². The van der Waals surface area contributed by atoms with E-state index in [4.69, 9.17) is 4.74 Å². The molecular weight excluding hydrogens is 585 g/mol. The summed E-state index contributed by atoms with van der Waals surface area (Å²) in [7, 11) is 0. The number of hydrogen-bond donors (Lipinski definition) is 0. The Morgan fingerprint density at radius 3 is 1.88 bits per heavy atom. The zero-order chi connectivity index (χ0) is 32.2. The predicted octanol–water partition coefficient (Wildman–Crippen LogP) is 12.7. The fourth-order valence-electron chi connectivity index (χ4n) is 7.45. The van der Waals surface area contributed by atoms with Crippen LogP contribution in [0.2, 0.25) is 0 Å². The summed E-state index contributed by atoms with van der Waals surface area (Å²) in [6.45, 7) is 4.67. The van der Waals surface area contributed by atoms with Gasteiger partial charge in [-0.3, -0.25) is 0 Å². The fraction of sp³-hybridized carbons (Fsp3) is 0.0667. The molecule has 2 aliphatic rings. The summed E-state index contributed by atoms with van der Waals surface area (Å²) in [5.41, 5.74) is 14.1. The van der Waals surface area contributed by atoms with Crippen LogP contribution >= 0.6 is 0 Å². The molecule has 1 aliphatic heterocycles. The molecule has 9 rings (SSSR count). The van der Waals surface area contributed by atoms with Gasteiger partial charge in [-0.05, 0) is 106 Å². The number of anilines is 6. The Bertz CT molecular complexity index is 2290. The monoisotopic (exact) mass is 618 g/mol. The third-order valence-corrected chi connectivity index (χ3v) is 9.84. The highest BCUT2D eigenvalue weighted by Crippen LogP contribution is 2.52. The first-order valence-corrected chi connectivity index (χ1v) is 16.5. The molecule has 7 aromatic carbocycles. The number of hydrogen-bond acceptors (Lipinski definition) is 3. The molecule has 0 amide bonds. The first-order valence-electron chi connectivity index (χ1n) is 16.5. The van der Waals surface area contributed by atoms with Crippen molar-refractivity contribution in [1.82, 2.24) is 0 Å². The first kappa shape index (κ1) is 28.2. The third kappa shape index (κ3) is 4.51. The fourth-order valence-corrected chi connectivity index (χ4v) is 7.45. The maximum absolute atomic E-state index is 6.50. The maximum atomic E-state index is 6.50. The molecule has 0 spiro atoms. The number of nitrogens with zero attached hydrogens (tertiary/aromatic N) is 2. The summed E-state index contributed by atoms with van der Waals surface area (Å²) < 4.78 is 6.50. The smallest absolute Gasteiger partial charge is 0.152 e. The molecule has 0 saturated carbocycles. The van der Waals surface area contributed by atoms with Crippen molar-refractivity contribution in [1.29, 1.82) is 0 Å². The van der Waals surface area contributed by atoms with Crippen LogP contribution in [-0.4, -0.2) is 0 Å². The Hall–Kier alpha value is -6.06. The number of para-hydroxylation sites is 4. The lowest BCUT2D eigenvalue weighted by Gasteiger charge is -2.33. The number of ether oxygens (including phenoxy) is 1. The molecule has 0 saturated heterocycles. The molecule has 1 aliphatic carbocycles. The largest absolute Gasteiger partial charge is 0.453 e. The van der Waals surface area contributed by atoms with E-state index in [9.17, 15) is 0 Å². The summed E-state index contributed by atoms with van der Waals surface area (Å²) in [6, 6.07) is 60.5. The van der Waals surface area contributed by atoms with E-state index in [0.29, 0.717) is 0 Å². The highest BCUT2D eigenvalue weighted by molar-refractivity contribution is 5.89. The third-order valence-electron chi connectivity index (χ3n) is 9.84. The van der Waals surface area contributed by atoms with Gasteiger partial charge in [0, 0.05) is 28.2 Å². The number of rotatable bonds is 5. The highest BCUT2D eigenvalue weighted by atomic mass is 16.5. The van der Waals surface area contributed by atoms with E-state index in [1.165, 1.54) is 22.3 Å². The van der Waals surface area contributed by atoms with Crippen LogP contribution in [0.3, 0.4) is 0 Å². The SMILES string of the molecule is CC1(C)c2ccccc2-c2ccc(N(c3ccccc3)c3ccc(-c4ccc5c(c4)Oc4ccccc4N5c4ccccc4)cc3)cc21. The van der Waals surface area contributed by atoms with Gasteiger partial charge in [-0.25, -0.2) is 0 Å². The van der Waals surface area contributed by atoms with Crippen molar-refractivity contribution in [2.24, 2.45) is 0 Å². The quantitative estimate of drug-likeness (QED) is 0.191. The molecule has 0 unspecified atom stereocenters. The van der Waals surface area contributed by atoms with Crippen LogP contribution in [0.5, 0.6) is 11.5 Å². The van der Waals surface area contributed by atoms with E-state index < -0.39 is 0 Å². The Kier molecular flexibility index (Phi) is 6.48. The van der Waals surface area contributed by atoms with E-state index in [0.717, 1.165) is 56.8 Å².